The lowest BCUT2D eigenvalue weighted by Gasteiger charge is -2.11. The minimum absolute atomic E-state index is 0.635. The maximum absolute atomic E-state index is 6.55. The van der Waals surface area contributed by atoms with Gasteiger partial charge in [-0.05, 0) is 41.5 Å². The maximum Gasteiger partial charge on any atom is 0.180 e. The predicted molar refractivity (Wildman–Crippen MR) is 225 cm³/mol. The van der Waals surface area contributed by atoms with Gasteiger partial charge in [0.2, 0.25) is 0 Å². The van der Waals surface area contributed by atoms with Gasteiger partial charge >= 0.3 is 0 Å². The summed E-state index contributed by atoms with van der Waals surface area (Å²) in [6, 6.07) is 61.5. The summed E-state index contributed by atoms with van der Waals surface area (Å²) in [6.07, 6.45) is 0. The van der Waals surface area contributed by atoms with E-state index in [0.717, 1.165) is 94.5 Å². The molecule has 7 aromatic carbocycles. The van der Waals surface area contributed by atoms with Gasteiger partial charge in [0.15, 0.2) is 17.2 Å². The number of para-hydroxylation sites is 1. The summed E-state index contributed by atoms with van der Waals surface area (Å²) in [5.41, 5.74) is 13.3. The standard InChI is InChI=1S/C50H30N4O2/c1-4-14-32(15-5-1)39-30-40(52-49(51-39)34-18-8-3-9-19-34)37-22-13-25-43-45(37)44-36(21-12-24-42(44)55-43)31-26-28-35(29-27-31)50-53-46(33-16-6-2-7-17-33)48-47(54-50)38-20-10-11-23-41(38)56-48/h1-30H. The normalized spacial score (nSPS) is 11.6. The summed E-state index contributed by atoms with van der Waals surface area (Å²) >= 11 is 0. The molecule has 4 aromatic heterocycles. The van der Waals surface area contributed by atoms with Gasteiger partial charge in [0.05, 0.1) is 11.4 Å². The van der Waals surface area contributed by atoms with Gasteiger partial charge in [0, 0.05) is 44.0 Å². The van der Waals surface area contributed by atoms with Crippen LogP contribution in [-0.4, -0.2) is 19.9 Å². The van der Waals surface area contributed by atoms with E-state index in [4.69, 9.17) is 28.8 Å². The van der Waals surface area contributed by atoms with Gasteiger partial charge in [-0.1, -0.05) is 152 Å². The van der Waals surface area contributed by atoms with Crippen molar-refractivity contribution in [3.63, 3.8) is 0 Å². The summed E-state index contributed by atoms with van der Waals surface area (Å²) in [5.74, 6) is 1.30. The Morgan fingerprint density at radius 2 is 0.875 bits per heavy atom. The minimum Gasteiger partial charge on any atom is -0.456 e. The Morgan fingerprint density at radius 1 is 0.339 bits per heavy atom. The molecule has 11 aromatic rings. The third-order valence-corrected chi connectivity index (χ3v) is 10.3. The molecule has 11 rings (SSSR count). The highest BCUT2D eigenvalue weighted by Crippen LogP contribution is 2.42. The van der Waals surface area contributed by atoms with E-state index in [2.05, 4.69) is 66.7 Å². The molecule has 0 aliphatic rings. The van der Waals surface area contributed by atoms with Crippen LogP contribution in [-0.2, 0) is 0 Å². The Morgan fingerprint density at radius 3 is 1.61 bits per heavy atom. The van der Waals surface area contributed by atoms with Crippen LogP contribution in [0.1, 0.15) is 0 Å². The molecule has 0 saturated heterocycles. The molecule has 0 aliphatic carbocycles. The van der Waals surface area contributed by atoms with Crippen molar-refractivity contribution in [2.75, 3.05) is 0 Å². The molecule has 262 valence electrons. The van der Waals surface area contributed by atoms with E-state index in [1.54, 1.807) is 0 Å². The van der Waals surface area contributed by atoms with E-state index in [1.807, 2.05) is 115 Å². The predicted octanol–water partition coefficient (Wildman–Crippen LogP) is 13.1. The van der Waals surface area contributed by atoms with E-state index in [0.29, 0.717) is 17.2 Å². The molecule has 0 amide bonds. The molecule has 4 heterocycles. The topological polar surface area (TPSA) is 77.8 Å². The summed E-state index contributed by atoms with van der Waals surface area (Å²) in [7, 11) is 0. The van der Waals surface area contributed by atoms with Crippen LogP contribution in [0.5, 0.6) is 0 Å². The molecule has 0 radical (unpaired) electrons. The Kier molecular flexibility index (Phi) is 7.38. The fraction of sp³-hybridized carbons (Fsp3) is 0. The molecule has 0 fully saturated rings. The van der Waals surface area contributed by atoms with Crippen molar-refractivity contribution in [2.24, 2.45) is 0 Å². The fourth-order valence-corrected chi connectivity index (χ4v) is 7.69. The molecular formula is C50H30N4O2. The molecule has 0 atom stereocenters. The number of hydrogen-bond acceptors (Lipinski definition) is 6. The second-order valence-corrected chi connectivity index (χ2v) is 13.8. The van der Waals surface area contributed by atoms with E-state index < -0.39 is 0 Å². The molecule has 56 heavy (non-hydrogen) atoms. The average Bonchev–Trinajstić information content (AvgIpc) is 3.86. The van der Waals surface area contributed by atoms with E-state index in [9.17, 15) is 0 Å². The first-order valence-electron chi connectivity index (χ1n) is 18.6. The first-order chi connectivity index (χ1) is 27.7. The van der Waals surface area contributed by atoms with E-state index in [1.165, 1.54) is 0 Å². The summed E-state index contributed by atoms with van der Waals surface area (Å²) in [6.45, 7) is 0. The zero-order chi connectivity index (χ0) is 37.0. The van der Waals surface area contributed by atoms with Crippen LogP contribution in [0, 0.1) is 0 Å². The Labute approximate surface area is 321 Å². The Balaban J connectivity index is 1.07. The van der Waals surface area contributed by atoms with Crippen molar-refractivity contribution >= 4 is 44.0 Å². The SMILES string of the molecule is c1ccc(-c2cc(-c3cccc4oc5cccc(-c6ccc(-c7nc(-c8ccccc8)c8oc9ccccc9c8n7)cc6)c5c34)nc(-c3ccccc3)n2)cc1. The molecule has 0 bridgehead atoms. The number of benzene rings is 7. The smallest absolute Gasteiger partial charge is 0.180 e. The zero-order valence-corrected chi connectivity index (χ0v) is 29.9. The second-order valence-electron chi connectivity index (χ2n) is 13.8. The average molecular weight is 719 g/mol. The van der Waals surface area contributed by atoms with E-state index in [-0.39, 0.29) is 0 Å². The zero-order valence-electron chi connectivity index (χ0n) is 29.9. The minimum atomic E-state index is 0.635. The molecule has 0 saturated carbocycles. The lowest BCUT2D eigenvalue weighted by Crippen LogP contribution is -1.96. The van der Waals surface area contributed by atoms with Gasteiger partial charge in [-0.15, -0.1) is 0 Å². The molecular weight excluding hydrogens is 689 g/mol. The number of nitrogens with zero attached hydrogens (tertiary/aromatic N) is 4. The van der Waals surface area contributed by atoms with Crippen LogP contribution in [0.25, 0.3) is 112 Å². The molecule has 0 aliphatic heterocycles. The van der Waals surface area contributed by atoms with Gasteiger partial charge in [-0.25, -0.2) is 19.9 Å². The first kappa shape index (κ1) is 31.8. The highest BCUT2D eigenvalue weighted by Gasteiger charge is 2.21. The summed E-state index contributed by atoms with van der Waals surface area (Å²) in [4.78, 5) is 20.4. The number of rotatable bonds is 6. The van der Waals surface area contributed by atoms with Crippen molar-refractivity contribution in [3.05, 3.63) is 182 Å². The lowest BCUT2D eigenvalue weighted by atomic mass is 9.95. The highest BCUT2D eigenvalue weighted by atomic mass is 16.3. The van der Waals surface area contributed by atoms with Crippen LogP contribution in [0.2, 0.25) is 0 Å². The molecule has 6 nitrogen and oxygen atoms in total. The second kappa shape index (κ2) is 13.0. The van der Waals surface area contributed by atoms with Crippen LogP contribution >= 0.6 is 0 Å². The largest absolute Gasteiger partial charge is 0.456 e. The molecule has 0 spiro atoms. The molecule has 0 unspecified atom stereocenters. The Bertz CT molecular complexity index is 3170. The van der Waals surface area contributed by atoms with Crippen molar-refractivity contribution in [1.29, 1.82) is 0 Å². The van der Waals surface area contributed by atoms with Gasteiger partial charge in [0.1, 0.15) is 28.0 Å². The number of hydrogen-bond donors (Lipinski definition) is 0. The monoisotopic (exact) mass is 718 g/mol. The fourth-order valence-electron chi connectivity index (χ4n) is 7.69. The molecule has 0 N–H and O–H groups in total. The van der Waals surface area contributed by atoms with Crippen molar-refractivity contribution < 1.29 is 8.83 Å². The lowest BCUT2D eigenvalue weighted by molar-refractivity contribution is 0.667. The van der Waals surface area contributed by atoms with Gasteiger partial charge in [0.25, 0.3) is 0 Å². The maximum atomic E-state index is 6.55. The van der Waals surface area contributed by atoms with Crippen molar-refractivity contribution in [1.82, 2.24) is 19.9 Å². The van der Waals surface area contributed by atoms with Crippen LogP contribution in [0.15, 0.2) is 191 Å². The third-order valence-electron chi connectivity index (χ3n) is 10.3. The van der Waals surface area contributed by atoms with Gasteiger partial charge in [-0.2, -0.15) is 0 Å². The number of furan rings is 2. The molecule has 6 heteroatoms. The first-order valence-corrected chi connectivity index (χ1v) is 18.6. The third kappa shape index (κ3) is 5.35. The van der Waals surface area contributed by atoms with E-state index >= 15 is 0 Å². The summed E-state index contributed by atoms with van der Waals surface area (Å²) in [5, 5.41) is 3.00. The van der Waals surface area contributed by atoms with Gasteiger partial charge in [-0.3, -0.25) is 0 Å². The number of fused-ring (bicyclic) bond motifs is 6. The van der Waals surface area contributed by atoms with Gasteiger partial charge < -0.3 is 8.83 Å². The van der Waals surface area contributed by atoms with Crippen LogP contribution in [0.4, 0.5) is 0 Å². The van der Waals surface area contributed by atoms with Crippen LogP contribution in [0.3, 0.4) is 0 Å². The number of aromatic nitrogens is 4. The summed E-state index contributed by atoms with van der Waals surface area (Å²) < 4.78 is 12.9. The van der Waals surface area contributed by atoms with Crippen LogP contribution < -0.4 is 0 Å². The van der Waals surface area contributed by atoms with Crippen molar-refractivity contribution in [3.8, 4) is 67.7 Å². The quantitative estimate of drug-likeness (QED) is 0.170. The highest BCUT2D eigenvalue weighted by molar-refractivity contribution is 6.17. The van der Waals surface area contributed by atoms with Crippen molar-refractivity contribution in [2.45, 2.75) is 0 Å². The Hall–Kier alpha value is -7.70.